The van der Waals surface area contributed by atoms with Crippen LogP contribution in [0.4, 0.5) is 0 Å². The number of phenols is 1. The van der Waals surface area contributed by atoms with E-state index in [4.69, 9.17) is 4.74 Å². The Bertz CT molecular complexity index is 505. The molecule has 6 heteroatoms. The lowest BCUT2D eigenvalue weighted by atomic mass is 10.0. The van der Waals surface area contributed by atoms with E-state index in [1.54, 1.807) is 32.4 Å². The van der Waals surface area contributed by atoms with Crippen LogP contribution in [0.15, 0.2) is 18.2 Å². The molecule has 122 valence electrons. The third-order valence-corrected chi connectivity index (χ3v) is 3.59. The summed E-state index contributed by atoms with van der Waals surface area (Å²) in [5.74, 6) is -0.00317. The zero-order chi connectivity index (χ0) is 16.5. The lowest BCUT2D eigenvalue weighted by molar-refractivity contribution is -0.122. The lowest BCUT2D eigenvalue weighted by Crippen LogP contribution is -2.42. The van der Waals surface area contributed by atoms with Crippen molar-refractivity contribution in [2.75, 3.05) is 14.2 Å². The van der Waals surface area contributed by atoms with Crippen molar-refractivity contribution in [1.29, 1.82) is 0 Å². The lowest BCUT2D eigenvalue weighted by Gasteiger charge is -2.20. The summed E-state index contributed by atoms with van der Waals surface area (Å²) in [4.78, 5) is 22.3. The van der Waals surface area contributed by atoms with E-state index in [-0.39, 0.29) is 17.8 Å². The van der Waals surface area contributed by atoms with Crippen LogP contribution in [0.2, 0.25) is 0 Å². The van der Waals surface area contributed by atoms with Gasteiger partial charge in [0.25, 0.3) is 0 Å². The molecule has 0 aliphatic heterocycles. The van der Waals surface area contributed by atoms with Gasteiger partial charge in [-0.2, -0.15) is 0 Å². The third-order valence-electron chi connectivity index (χ3n) is 3.59. The minimum atomic E-state index is -0.455. The van der Waals surface area contributed by atoms with Crippen LogP contribution in [0.3, 0.4) is 0 Å². The van der Waals surface area contributed by atoms with Crippen LogP contribution >= 0.6 is 0 Å². The summed E-state index contributed by atoms with van der Waals surface area (Å²) in [5.41, 5.74) is 1.80. The zero-order valence-corrected chi connectivity index (χ0v) is 13.3. The third kappa shape index (κ3) is 5.13. The predicted octanol–water partition coefficient (Wildman–Crippen LogP) is 1.28. The molecule has 0 aliphatic carbocycles. The van der Waals surface area contributed by atoms with Crippen LogP contribution in [0.25, 0.3) is 0 Å². The van der Waals surface area contributed by atoms with Crippen molar-refractivity contribution in [3.63, 3.8) is 0 Å². The van der Waals surface area contributed by atoms with Crippen molar-refractivity contribution in [2.45, 2.75) is 38.5 Å². The maximum absolute atomic E-state index is 11.8. The first kappa shape index (κ1) is 18.1. The Hall–Kier alpha value is -1.92. The summed E-state index contributed by atoms with van der Waals surface area (Å²) >= 11 is 0. The number of amides is 1. The topological polar surface area (TPSA) is 87.7 Å². The van der Waals surface area contributed by atoms with Crippen LogP contribution in [0.5, 0.6) is 5.75 Å². The molecule has 0 heterocycles. The number of aldehydes is 1. The molecule has 0 saturated carbocycles. The number of methoxy groups -OCH3 is 1. The monoisotopic (exact) mass is 308 g/mol. The molecular formula is C16H24N2O4. The standard InChI is InChI=1S/C16H24N2O4/c1-11(22-3)14-7-6-13(20)9-12(14)10-18-15(5-4-8-19)16(21)17-2/h6-9,11,15,18,20H,4-5,10H2,1-3H3,(H,17,21). The van der Waals surface area contributed by atoms with Crippen molar-refractivity contribution >= 4 is 12.2 Å². The van der Waals surface area contributed by atoms with Crippen LogP contribution in [-0.2, 0) is 20.9 Å². The number of benzene rings is 1. The smallest absolute Gasteiger partial charge is 0.236 e. The molecule has 6 nitrogen and oxygen atoms in total. The first-order valence-electron chi connectivity index (χ1n) is 7.26. The Morgan fingerprint density at radius 1 is 1.45 bits per heavy atom. The van der Waals surface area contributed by atoms with E-state index in [0.29, 0.717) is 19.4 Å². The second kappa shape index (κ2) is 9.17. The van der Waals surface area contributed by atoms with E-state index in [2.05, 4.69) is 10.6 Å². The van der Waals surface area contributed by atoms with Gasteiger partial charge in [0, 0.05) is 27.1 Å². The zero-order valence-electron chi connectivity index (χ0n) is 13.3. The van der Waals surface area contributed by atoms with Crippen LogP contribution in [0, 0.1) is 0 Å². The number of ether oxygens (including phenoxy) is 1. The molecule has 3 N–H and O–H groups in total. The SMILES string of the molecule is CNC(=O)C(CCC=O)NCc1cc(O)ccc1C(C)OC. The minimum absolute atomic E-state index is 0.120. The molecule has 2 atom stereocenters. The van der Waals surface area contributed by atoms with Crippen molar-refractivity contribution in [1.82, 2.24) is 10.6 Å². The van der Waals surface area contributed by atoms with Gasteiger partial charge in [0.15, 0.2) is 0 Å². The molecule has 22 heavy (non-hydrogen) atoms. The van der Waals surface area contributed by atoms with Gasteiger partial charge < -0.3 is 25.3 Å². The predicted molar refractivity (Wildman–Crippen MR) is 83.5 cm³/mol. The van der Waals surface area contributed by atoms with Gasteiger partial charge in [-0.25, -0.2) is 0 Å². The van der Waals surface area contributed by atoms with Gasteiger partial charge in [-0.15, -0.1) is 0 Å². The maximum atomic E-state index is 11.8. The number of phenolic OH excluding ortho intramolecular Hbond substituents is 1. The van der Waals surface area contributed by atoms with E-state index in [9.17, 15) is 14.7 Å². The van der Waals surface area contributed by atoms with E-state index in [1.807, 2.05) is 6.92 Å². The van der Waals surface area contributed by atoms with Gasteiger partial charge in [-0.05, 0) is 36.6 Å². The Labute approximate surface area is 130 Å². The van der Waals surface area contributed by atoms with E-state index in [0.717, 1.165) is 17.4 Å². The molecule has 0 saturated heterocycles. The van der Waals surface area contributed by atoms with Crippen LogP contribution in [-0.4, -0.2) is 37.5 Å². The second-order valence-corrected chi connectivity index (χ2v) is 5.05. The number of carbonyl (C=O) groups excluding carboxylic acids is 2. The Morgan fingerprint density at radius 2 is 2.18 bits per heavy atom. The molecule has 0 fully saturated rings. The fraction of sp³-hybridized carbons (Fsp3) is 0.500. The number of carbonyl (C=O) groups is 2. The average molecular weight is 308 g/mol. The van der Waals surface area contributed by atoms with Crippen LogP contribution < -0.4 is 10.6 Å². The van der Waals surface area contributed by atoms with Gasteiger partial charge in [0.05, 0.1) is 12.1 Å². The van der Waals surface area contributed by atoms with Crippen molar-refractivity contribution in [3.05, 3.63) is 29.3 Å². The molecule has 1 amide bonds. The number of nitrogens with one attached hydrogen (secondary N) is 2. The first-order valence-corrected chi connectivity index (χ1v) is 7.26. The molecule has 0 aliphatic rings. The summed E-state index contributed by atoms with van der Waals surface area (Å²) in [6.07, 6.45) is 1.42. The summed E-state index contributed by atoms with van der Waals surface area (Å²) in [6, 6.07) is 4.61. The summed E-state index contributed by atoms with van der Waals surface area (Å²) in [7, 11) is 3.18. The van der Waals surface area contributed by atoms with Crippen molar-refractivity contribution in [3.8, 4) is 5.75 Å². The minimum Gasteiger partial charge on any atom is -0.508 e. The number of hydrogen-bond donors (Lipinski definition) is 3. The maximum Gasteiger partial charge on any atom is 0.236 e. The quantitative estimate of drug-likeness (QED) is 0.598. The number of rotatable bonds is 9. The van der Waals surface area contributed by atoms with Crippen molar-refractivity contribution in [2.24, 2.45) is 0 Å². The molecule has 0 spiro atoms. The Balaban J connectivity index is 2.85. The van der Waals surface area contributed by atoms with Crippen molar-refractivity contribution < 1.29 is 19.4 Å². The molecule has 2 unspecified atom stereocenters. The Morgan fingerprint density at radius 3 is 2.77 bits per heavy atom. The highest BCUT2D eigenvalue weighted by molar-refractivity contribution is 5.81. The van der Waals surface area contributed by atoms with Gasteiger partial charge >= 0.3 is 0 Å². The average Bonchev–Trinajstić information content (AvgIpc) is 2.53. The second-order valence-electron chi connectivity index (χ2n) is 5.05. The fourth-order valence-corrected chi connectivity index (χ4v) is 2.24. The highest BCUT2D eigenvalue weighted by atomic mass is 16.5. The normalized spacial score (nSPS) is 13.4. The molecule has 1 rings (SSSR count). The number of aromatic hydroxyl groups is 1. The molecular weight excluding hydrogens is 284 g/mol. The molecule has 0 bridgehead atoms. The van der Waals surface area contributed by atoms with Gasteiger partial charge in [0.1, 0.15) is 12.0 Å². The van der Waals surface area contributed by atoms with Crippen LogP contribution in [0.1, 0.15) is 37.0 Å². The first-order chi connectivity index (χ1) is 10.5. The van der Waals surface area contributed by atoms with Gasteiger partial charge in [-0.3, -0.25) is 4.79 Å². The Kier molecular flexibility index (Phi) is 7.56. The van der Waals surface area contributed by atoms with E-state index in [1.165, 1.54) is 0 Å². The number of likely N-dealkylation sites (N-methyl/N-ethyl adjacent to an activating group) is 1. The molecule has 1 aromatic carbocycles. The highest BCUT2D eigenvalue weighted by Crippen LogP contribution is 2.24. The highest BCUT2D eigenvalue weighted by Gasteiger charge is 2.18. The van der Waals surface area contributed by atoms with Gasteiger partial charge in [0.2, 0.25) is 5.91 Å². The van der Waals surface area contributed by atoms with E-state index < -0.39 is 6.04 Å². The largest absolute Gasteiger partial charge is 0.508 e. The number of hydrogen-bond acceptors (Lipinski definition) is 5. The molecule has 1 aromatic rings. The summed E-state index contributed by atoms with van der Waals surface area (Å²) < 4.78 is 5.32. The van der Waals surface area contributed by atoms with Gasteiger partial charge in [-0.1, -0.05) is 6.07 Å². The summed E-state index contributed by atoms with van der Waals surface area (Å²) in [6.45, 7) is 2.31. The van der Waals surface area contributed by atoms with E-state index >= 15 is 0 Å². The summed E-state index contributed by atoms with van der Waals surface area (Å²) in [5, 5.41) is 15.4. The fourth-order valence-electron chi connectivity index (χ4n) is 2.24. The molecule has 0 aromatic heterocycles. The molecule has 0 radical (unpaired) electrons.